The van der Waals surface area contributed by atoms with E-state index in [1.807, 2.05) is 12.5 Å². The van der Waals surface area contributed by atoms with Crippen molar-refractivity contribution in [2.24, 2.45) is 11.7 Å². The van der Waals surface area contributed by atoms with Crippen molar-refractivity contribution in [2.75, 3.05) is 6.54 Å². The van der Waals surface area contributed by atoms with Crippen molar-refractivity contribution in [3.63, 3.8) is 0 Å². The molecular weight excluding hydrogens is 174 g/mol. The van der Waals surface area contributed by atoms with E-state index in [0.29, 0.717) is 18.5 Å². The zero-order valence-corrected chi connectivity index (χ0v) is 8.98. The number of nitrogens with zero attached hydrogens (tertiary/aromatic N) is 2. The van der Waals surface area contributed by atoms with Crippen LogP contribution < -0.4 is 5.73 Å². The Morgan fingerprint density at radius 1 is 1.64 bits per heavy atom. The summed E-state index contributed by atoms with van der Waals surface area (Å²) in [5.41, 5.74) is 6.97. The number of hydrogen-bond donors (Lipinski definition) is 1. The topological polar surface area (TPSA) is 43.8 Å². The normalized spacial score (nSPS) is 28.5. The quantitative estimate of drug-likeness (QED) is 0.797. The van der Waals surface area contributed by atoms with E-state index in [1.165, 1.54) is 18.5 Å². The van der Waals surface area contributed by atoms with E-state index in [9.17, 15) is 0 Å². The lowest BCUT2D eigenvalue weighted by Gasteiger charge is -2.35. The SMILES string of the molecule is CC1CC(n2cncc2C(C)CN)C1. The van der Waals surface area contributed by atoms with Crippen LogP contribution in [0, 0.1) is 5.92 Å². The van der Waals surface area contributed by atoms with Crippen molar-refractivity contribution < 1.29 is 0 Å². The van der Waals surface area contributed by atoms with Crippen molar-refractivity contribution >= 4 is 0 Å². The van der Waals surface area contributed by atoms with Gasteiger partial charge in [-0.1, -0.05) is 13.8 Å². The van der Waals surface area contributed by atoms with Crippen molar-refractivity contribution in [1.29, 1.82) is 0 Å². The third kappa shape index (κ3) is 1.57. The van der Waals surface area contributed by atoms with Gasteiger partial charge in [0.25, 0.3) is 0 Å². The van der Waals surface area contributed by atoms with E-state index in [2.05, 4.69) is 23.4 Å². The molecule has 1 atom stereocenters. The third-order valence-electron chi connectivity index (χ3n) is 3.30. The summed E-state index contributed by atoms with van der Waals surface area (Å²) in [5, 5.41) is 0. The summed E-state index contributed by atoms with van der Waals surface area (Å²) in [6.07, 6.45) is 6.50. The Bertz CT molecular complexity index is 299. The fourth-order valence-electron chi connectivity index (χ4n) is 2.21. The molecule has 0 aromatic carbocycles. The minimum absolute atomic E-state index is 0.424. The van der Waals surface area contributed by atoms with Crippen molar-refractivity contribution in [1.82, 2.24) is 9.55 Å². The molecule has 78 valence electrons. The first-order valence-electron chi connectivity index (χ1n) is 5.44. The molecule has 1 fully saturated rings. The summed E-state index contributed by atoms with van der Waals surface area (Å²) in [4.78, 5) is 4.23. The van der Waals surface area contributed by atoms with Crippen LogP contribution in [0.5, 0.6) is 0 Å². The highest BCUT2D eigenvalue weighted by Gasteiger charge is 2.28. The molecule has 2 N–H and O–H groups in total. The van der Waals surface area contributed by atoms with Crippen LogP contribution in [0.4, 0.5) is 0 Å². The van der Waals surface area contributed by atoms with Crippen LogP contribution in [0.2, 0.25) is 0 Å². The standard InChI is InChI=1S/C11H19N3/c1-8-3-10(4-8)14-7-13-6-11(14)9(2)5-12/h6-10H,3-5,12H2,1-2H3. The van der Waals surface area contributed by atoms with Gasteiger partial charge in [-0.3, -0.25) is 0 Å². The van der Waals surface area contributed by atoms with E-state index >= 15 is 0 Å². The Hall–Kier alpha value is -0.830. The van der Waals surface area contributed by atoms with E-state index in [1.54, 1.807) is 0 Å². The van der Waals surface area contributed by atoms with Gasteiger partial charge in [-0.05, 0) is 18.8 Å². The third-order valence-corrected chi connectivity index (χ3v) is 3.30. The molecular formula is C11H19N3. The van der Waals surface area contributed by atoms with Gasteiger partial charge in [0.2, 0.25) is 0 Å². The molecule has 0 radical (unpaired) electrons. The summed E-state index contributed by atoms with van der Waals surface area (Å²) in [6, 6.07) is 0.677. The number of nitrogens with two attached hydrogens (primary N) is 1. The maximum Gasteiger partial charge on any atom is 0.0950 e. The molecule has 1 heterocycles. The van der Waals surface area contributed by atoms with E-state index < -0.39 is 0 Å². The van der Waals surface area contributed by atoms with Crippen LogP contribution in [0.25, 0.3) is 0 Å². The molecule has 2 rings (SSSR count). The Morgan fingerprint density at radius 2 is 2.36 bits per heavy atom. The van der Waals surface area contributed by atoms with Gasteiger partial charge in [-0.15, -0.1) is 0 Å². The molecule has 0 aliphatic heterocycles. The second-order valence-electron chi connectivity index (χ2n) is 4.59. The van der Waals surface area contributed by atoms with E-state index in [-0.39, 0.29) is 0 Å². The lowest BCUT2D eigenvalue weighted by molar-refractivity contribution is 0.211. The number of hydrogen-bond acceptors (Lipinski definition) is 2. The van der Waals surface area contributed by atoms with Crippen LogP contribution in [-0.4, -0.2) is 16.1 Å². The Morgan fingerprint density at radius 3 is 2.93 bits per heavy atom. The summed E-state index contributed by atoms with van der Waals surface area (Å²) in [6.45, 7) is 5.17. The highest BCUT2D eigenvalue weighted by molar-refractivity contribution is 5.08. The minimum Gasteiger partial charge on any atom is -0.331 e. The number of aromatic nitrogens is 2. The summed E-state index contributed by atoms with van der Waals surface area (Å²) >= 11 is 0. The first-order valence-corrected chi connectivity index (χ1v) is 5.44. The van der Waals surface area contributed by atoms with Gasteiger partial charge in [-0.25, -0.2) is 4.98 Å². The Kier molecular flexibility index (Phi) is 2.59. The average Bonchev–Trinajstić information content (AvgIpc) is 2.59. The second-order valence-corrected chi connectivity index (χ2v) is 4.59. The van der Waals surface area contributed by atoms with Crippen LogP contribution in [0.15, 0.2) is 12.5 Å². The van der Waals surface area contributed by atoms with Crippen LogP contribution in [0.3, 0.4) is 0 Å². The molecule has 3 nitrogen and oxygen atoms in total. The van der Waals surface area contributed by atoms with Crippen LogP contribution in [-0.2, 0) is 0 Å². The predicted octanol–water partition coefficient (Wildman–Crippen LogP) is 1.92. The fourth-order valence-corrected chi connectivity index (χ4v) is 2.21. The first-order chi connectivity index (χ1) is 6.72. The largest absolute Gasteiger partial charge is 0.331 e. The molecule has 3 heteroatoms. The maximum atomic E-state index is 5.68. The molecule has 1 aliphatic carbocycles. The lowest BCUT2D eigenvalue weighted by atomic mass is 9.81. The van der Waals surface area contributed by atoms with Crippen molar-refractivity contribution in [3.05, 3.63) is 18.2 Å². The van der Waals surface area contributed by atoms with Gasteiger partial charge in [-0.2, -0.15) is 0 Å². The molecule has 1 unspecified atom stereocenters. The van der Waals surface area contributed by atoms with E-state index in [4.69, 9.17) is 5.73 Å². The summed E-state index contributed by atoms with van der Waals surface area (Å²) in [7, 11) is 0. The minimum atomic E-state index is 0.424. The lowest BCUT2D eigenvalue weighted by Crippen LogP contribution is -2.26. The Labute approximate surface area is 85.3 Å². The molecule has 0 bridgehead atoms. The molecule has 0 saturated heterocycles. The average molecular weight is 193 g/mol. The monoisotopic (exact) mass is 193 g/mol. The van der Waals surface area contributed by atoms with Gasteiger partial charge >= 0.3 is 0 Å². The molecule has 1 aliphatic rings. The first kappa shape index (κ1) is 9.71. The summed E-state index contributed by atoms with van der Waals surface area (Å²) in [5.74, 6) is 1.30. The fraction of sp³-hybridized carbons (Fsp3) is 0.727. The van der Waals surface area contributed by atoms with Gasteiger partial charge < -0.3 is 10.3 Å². The van der Waals surface area contributed by atoms with Gasteiger partial charge in [0.1, 0.15) is 0 Å². The molecule has 1 aromatic heterocycles. The Balaban J connectivity index is 2.13. The zero-order valence-electron chi connectivity index (χ0n) is 8.98. The molecule has 14 heavy (non-hydrogen) atoms. The second kappa shape index (κ2) is 3.73. The smallest absolute Gasteiger partial charge is 0.0950 e. The van der Waals surface area contributed by atoms with Gasteiger partial charge in [0.15, 0.2) is 0 Å². The highest BCUT2D eigenvalue weighted by Crippen LogP contribution is 2.38. The summed E-state index contributed by atoms with van der Waals surface area (Å²) < 4.78 is 2.32. The zero-order chi connectivity index (χ0) is 10.1. The van der Waals surface area contributed by atoms with Crippen LogP contribution >= 0.6 is 0 Å². The predicted molar refractivity (Wildman–Crippen MR) is 57.1 cm³/mol. The number of rotatable bonds is 3. The highest BCUT2D eigenvalue weighted by atomic mass is 15.1. The van der Waals surface area contributed by atoms with E-state index in [0.717, 1.165) is 5.92 Å². The molecule has 0 amide bonds. The van der Waals surface area contributed by atoms with Gasteiger partial charge in [0.05, 0.1) is 6.33 Å². The van der Waals surface area contributed by atoms with Gasteiger partial charge in [0, 0.05) is 30.4 Å². The molecule has 0 spiro atoms. The van der Waals surface area contributed by atoms with Crippen LogP contribution in [0.1, 0.15) is 44.3 Å². The maximum absolute atomic E-state index is 5.68. The molecule has 1 saturated carbocycles. The van der Waals surface area contributed by atoms with Crippen molar-refractivity contribution in [2.45, 2.75) is 38.6 Å². The number of imidazole rings is 1. The molecule has 1 aromatic rings. The van der Waals surface area contributed by atoms with Crippen molar-refractivity contribution in [3.8, 4) is 0 Å².